The first-order chi connectivity index (χ1) is 12.2. The lowest BCUT2D eigenvalue weighted by molar-refractivity contribution is -0.137. The van der Waals surface area contributed by atoms with Crippen LogP contribution in [0.3, 0.4) is 0 Å². The van der Waals surface area contributed by atoms with E-state index in [9.17, 15) is 22.4 Å². The maximum Gasteiger partial charge on any atom is 0.416 e. The molecule has 0 radical (unpaired) electrons. The summed E-state index contributed by atoms with van der Waals surface area (Å²) in [5.41, 5.74) is 0.00453. The number of imidazole rings is 1. The van der Waals surface area contributed by atoms with E-state index in [2.05, 4.69) is 10.3 Å². The Hall–Kier alpha value is -2.90. The Morgan fingerprint density at radius 2 is 1.77 bits per heavy atom. The molecule has 2 aromatic carbocycles. The molecule has 3 aromatic rings. The summed E-state index contributed by atoms with van der Waals surface area (Å²) in [6, 6.07) is 8.03. The van der Waals surface area contributed by atoms with Crippen LogP contribution in [0.25, 0.3) is 11.0 Å². The maximum absolute atomic E-state index is 13.0. The van der Waals surface area contributed by atoms with Crippen molar-refractivity contribution in [2.45, 2.75) is 26.1 Å². The molecule has 0 aliphatic heterocycles. The van der Waals surface area contributed by atoms with E-state index in [-0.39, 0.29) is 23.1 Å². The van der Waals surface area contributed by atoms with Gasteiger partial charge in [-0.05, 0) is 56.3 Å². The van der Waals surface area contributed by atoms with Gasteiger partial charge in [0.1, 0.15) is 5.82 Å². The van der Waals surface area contributed by atoms with Gasteiger partial charge < -0.3 is 4.57 Å². The number of hydrogen-bond acceptors (Lipinski definition) is 2. The summed E-state index contributed by atoms with van der Waals surface area (Å²) in [4.78, 5) is 16.5. The van der Waals surface area contributed by atoms with Crippen LogP contribution in [0, 0.1) is 5.82 Å². The zero-order valence-corrected chi connectivity index (χ0v) is 13.9. The number of aromatic nitrogens is 2. The van der Waals surface area contributed by atoms with Crippen LogP contribution in [-0.2, 0) is 6.18 Å². The third kappa shape index (κ3) is 3.40. The molecule has 0 aliphatic rings. The van der Waals surface area contributed by atoms with E-state index in [1.807, 2.05) is 13.8 Å². The van der Waals surface area contributed by atoms with Crippen molar-refractivity contribution in [1.29, 1.82) is 0 Å². The largest absolute Gasteiger partial charge is 0.416 e. The van der Waals surface area contributed by atoms with Gasteiger partial charge >= 0.3 is 6.18 Å². The summed E-state index contributed by atoms with van der Waals surface area (Å²) in [7, 11) is 0. The quantitative estimate of drug-likeness (QED) is 0.662. The highest BCUT2D eigenvalue weighted by atomic mass is 19.4. The third-order valence-electron chi connectivity index (χ3n) is 3.86. The van der Waals surface area contributed by atoms with Crippen molar-refractivity contribution in [3.8, 4) is 0 Å². The summed E-state index contributed by atoms with van der Waals surface area (Å²) < 4.78 is 53.3. The van der Waals surface area contributed by atoms with Crippen LogP contribution in [0.1, 0.15) is 35.8 Å². The Balaban J connectivity index is 2.02. The summed E-state index contributed by atoms with van der Waals surface area (Å²) in [5, 5.41) is 2.58. The van der Waals surface area contributed by atoms with Crippen molar-refractivity contribution in [2.24, 2.45) is 0 Å². The van der Waals surface area contributed by atoms with Crippen LogP contribution < -0.4 is 5.32 Å². The molecule has 26 heavy (non-hydrogen) atoms. The standard InChI is InChI=1S/C18H15F4N3O/c1-10(2)25-15-8-5-12(18(20,21)22)9-14(15)23-17(25)24-16(26)11-3-6-13(19)7-4-11/h3-10H,1-2H3,(H,23,24,26). The highest BCUT2D eigenvalue weighted by molar-refractivity contribution is 6.04. The molecule has 3 rings (SSSR count). The molecule has 1 heterocycles. The van der Waals surface area contributed by atoms with Gasteiger partial charge in [-0.3, -0.25) is 10.1 Å². The van der Waals surface area contributed by atoms with Crippen LogP contribution in [0.2, 0.25) is 0 Å². The maximum atomic E-state index is 13.0. The van der Waals surface area contributed by atoms with Crippen LogP contribution in [0.15, 0.2) is 42.5 Å². The second-order valence-corrected chi connectivity index (χ2v) is 6.06. The number of hydrogen-bond donors (Lipinski definition) is 1. The minimum absolute atomic E-state index is 0.128. The smallest absolute Gasteiger partial charge is 0.307 e. The lowest BCUT2D eigenvalue weighted by Crippen LogP contribution is -2.16. The highest BCUT2D eigenvalue weighted by Gasteiger charge is 2.31. The molecular formula is C18H15F4N3O. The first-order valence-corrected chi connectivity index (χ1v) is 7.83. The number of alkyl halides is 3. The van der Waals surface area contributed by atoms with Crippen LogP contribution in [-0.4, -0.2) is 15.5 Å². The molecule has 0 saturated carbocycles. The molecule has 1 aromatic heterocycles. The fraction of sp³-hybridized carbons (Fsp3) is 0.222. The average Bonchev–Trinajstić information content (AvgIpc) is 2.91. The number of carbonyl (C=O) groups is 1. The zero-order valence-electron chi connectivity index (χ0n) is 13.9. The number of amides is 1. The Bertz CT molecular complexity index is 959. The van der Waals surface area contributed by atoms with Crippen molar-refractivity contribution in [1.82, 2.24) is 9.55 Å². The molecular weight excluding hydrogens is 350 g/mol. The van der Waals surface area contributed by atoms with Crippen LogP contribution in [0.5, 0.6) is 0 Å². The predicted molar refractivity (Wildman–Crippen MR) is 89.5 cm³/mol. The van der Waals surface area contributed by atoms with Gasteiger partial charge in [0.15, 0.2) is 0 Å². The van der Waals surface area contributed by atoms with E-state index in [1.54, 1.807) is 4.57 Å². The van der Waals surface area contributed by atoms with E-state index in [4.69, 9.17) is 0 Å². The molecule has 1 N–H and O–H groups in total. The summed E-state index contributed by atoms with van der Waals surface area (Å²) in [5.74, 6) is -0.877. The van der Waals surface area contributed by atoms with Gasteiger partial charge in [0.2, 0.25) is 5.95 Å². The second kappa shape index (κ2) is 6.44. The number of rotatable bonds is 3. The predicted octanol–water partition coefficient (Wildman–Crippen LogP) is 5.03. The van der Waals surface area contributed by atoms with E-state index in [0.29, 0.717) is 5.52 Å². The molecule has 136 valence electrons. The summed E-state index contributed by atoms with van der Waals surface area (Å²) in [6.07, 6.45) is -4.48. The van der Waals surface area contributed by atoms with Crippen molar-refractivity contribution < 1.29 is 22.4 Å². The molecule has 0 unspecified atom stereocenters. The average molecular weight is 365 g/mol. The van der Waals surface area contributed by atoms with E-state index in [1.165, 1.54) is 18.2 Å². The molecule has 0 bridgehead atoms. The number of nitrogens with one attached hydrogen (secondary N) is 1. The minimum atomic E-state index is -4.48. The van der Waals surface area contributed by atoms with Gasteiger partial charge in [-0.15, -0.1) is 0 Å². The lowest BCUT2D eigenvalue weighted by Gasteiger charge is -2.13. The Morgan fingerprint density at radius 1 is 1.12 bits per heavy atom. The Kier molecular flexibility index (Phi) is 4.43. The number of carbonyl (C=O) groups excluding carboxylic acids is 1. The fourth-order valence-corrected chi connectivity index (χ4v) is 2.66. The first-order valence-electron chi connectivity index (χ1n) is 7.83. The van der Waals surface area contributed by atoms with Gasteiger partial charge in [-0.2, -0.15) is 13.2 Å². The summed E-state index contributed by atoms with van der Waals surface area (Å²) in [6.45, 7) is 3.65. The molecule has 1 amide bonds. The van der Waals surface area contributed by atoms with Gasteiger partial charge in [-0.1, -0.05) is 0 Å². The number of nitrogens with zero attached hydrogens (tertiary/aromatic N) is 2. The van der Waals surface area contributed by atoms with Gasteiger partial charge in [-0.25, -0.2) is 9.37 Å². The molecule has 0 atom stereocenters. The SMILES string of the molecule is CC(C)n1c(NC(=O)c2ccc(F)cc2)nc2cc(C(F)(F)F)ccc21. The lowest BCUT2D eigenvalue weighted by atomic mass is 10.2. The van der Waals surface area contributed by atoms with E-state index >= 15 is 0 Å². The van der Waals surface area contributed by atoms with Crippen LogP contribution >= 0.6 is 0 Å². The Labute approximate surface area is 146 Å². The molecule has 4 nitrogen and oxygen atoms in total. The molecule has 0 aliphatic carbocycles. The monoisotopic (exact) mass is 365 g/mol. The molecule has 8 heteroatoms. The molecule has 0 fully saturated rings. The Morgan fingerprint density at radius 3 is 2.35 bits per heavy atom. The second-order valence-electron chi connectivity index (χ2n) is 6.06. The molecule has 0 spiro atoms. The topological polar surface area (TPSA) is 46.9 Å². The van der Waals surface area contributed by atoms with Crippen molar-refractivity contribution in [2.75, 3.05) is 5.32 Å². The van der Waals surface area contributed by atoms with Gasteiger partial charge in [0, 0.05) is 11.6 Å². The van der Waals surface area contributed by atoms with E-state index in [0.717, 1.165) is 24.3 Å². The highest BCUT2D eigenvalue weighted by Crippen LogP contribution is 2.33. The van der Waals surface area contributed by atoms with Crippen molar-refractivity contribution in [3.63, 3.8) is 0 Å². The van der Waals surface area contributed by atoms with Crippen molar-refractivity contribution in [3.05, 3.63) is 59.4 Å². The first kappa shape index (κ1) is 17.9. The summed E-state index contributed by atoms with van der Waals surface area (Å²) >= 11 is 0. The number of anilines is 1. The van der Waals surface area contributed by atoms with Crippen LogP contribution in [0.4, 0.5) is 23.5 Å². The fourth-order valence-electron chi connectivity index (χ4n) is 2.66. The zero-order chi connectivity index (χ0) is 19.1. The third-order valence-corrected chi connectivity index (χ3v) is 3.86. The minimum Gasteiger partial charge on any atom is -0.307 e. The van der Waals surface area contributed by atoms with Gasteiger partial charge in [0.25, 0.3) is 5.91 Å². The van der Waals surface area contributed by atoms with E-state index < -0.39 is 23.5 Å². The molecule has 0 saturated heterocycles. The number of fused-ring (bicyclic) bond motifs is 1. The number of halogens is 4. The van der Waals surface area contributed by atoms with Gasteiger partial charge in [0.05, 0.1) is 16.6 Å². The number of benzene rings is 2. The normalized spacial score (nSPS) is 12.0. The van der Waals surface area contributed by atoms with Crippen molar-refractivity contribution >= 4 is 22.9 Å².